The zero-order valence-corrected chi connectivity index (χ0v) is 11.8. The van der Waals surface area contributed by atoms with Gasteiger partial charge in [0.2, 0.25) is 0 Å². The van der Waals surface area contributed by atoms with Gasteiger partial charge in [-0.15, -0.1) is 0 Å². The minimum atomic E-state index is -0.518. The van der Waals surface area contributed by atoms with E-state index in [4.69, 9.17) is 14.7 Å². The highest BCUT2D eigenvalue weighted by molar-refractivity contribution is 5.96. The molecule has 110 valence electrons. The molecule has 2 aromatic carbocycles. The molecule has 22 heavy (non-hydrogen) atoms. The lowest BCUT2D eigenvalue weighted by Gasteiger charge is -2.08. The molecule has 0 atom stereocenters. The fraction of sp³-hybridized carbons (Fsp3) is 0.0625. The summed E-state index contributed by atoms with van der Waals surface area (Å²) in [6.07, 6.45) is 1.75. The minimum absolute atomic E-state index is 0.0370. The third kappa shape index (κ3) is 3.84. The van der Waals surface area contributed by atoms with Crippen molar-refractivity contribution in [1.29, 1.82) is 5.26 Å². The number of esters is 1. The highest BCUT2D eigenvalue weighted by Crippen LogP contribution is 2.20. The number of benzene rings is 2. The summed E-state index contributed by atoms with van der Waals surface area (Å²) in [5.41, 5.74) is 0.613. The number of nitrogens with one attached hydrogen (secondary N) is 1. The summed E-state index contributed by atoms with van der Waals surface area (Å²) in [4.78, 5) is 15.9. The van der Waals surface area contributed by atoms with Crippen molar-refractivity contribution in [3.05, 3.63) is 60.2 Å². The molecular formula is C16H13N3O3. The summed E-state index contributed by atoms with van der Waals surface area (Å²) in [7, 11) is 1.29. The van der Waals surface area contributed by atoms with Crippen molar-refractivity contribution in [2.24, 2.45) is 4.99 Å². The molecule has 6 heteroatoms. The average molecular weight is 295 g/mol. The van der Waals surface area contributed by atoms with Crippen molar-refractivity contribution in [2.45, 2.75) is 0 Å². The summed E-state index contributed by atoms with van der Waals surface area (Å²) < 4.78 is 10.2. The molecule has 2 rings (SSSR count). The van der Waals surface area contributed by atoms with Gasteiger partial charge in [0.15, 0.2) is 6.19 Å². The van der Waals surface area contributed by atoms with Crippen molar-refractivity contribution in [1.82, 2.24) is 5.32 Å². The first-order valence-electron chi connectivity index (χ1n) is 6.38. The van der Waals surface area contributed by atoms with E-state index in [1.54, 1.807) is 54.7 Å². The molecule has 0 heterocycles. The van der Waals surface area contributed by atoms with Gasteiger partial charge in [-0.25, -0.2) is 10.1 Å². The lowest BCUT2D eigenvalue weighted by molar-refractivity contribution is 0.0601. The Bertz CT molecular complexity index is 721. The second-order valence-corrected chi connectivity index (χ2v) is 4.08. The third-order valence-corrected chi connectivity index (χ3v) is 2.65. The Labute approximate surface area is 127 Å². The van der Waals surface area contributed by atoms with Crippen LogP contribution in [0.3, 0.4) is 0 Å². The van der Waals surface area contributed by atoms with E-state index in [2.05, 4.69) is 10.3 Å². The Kier molecular flexibility index (Phi) is 5.10. The van der Waals surface area contributed by atoms with Gasteiger partial charge < -0.3 is 9.47 Å². The Morgan fingerprint density at radius 3 is 2.50 bits per heavy atom. The van der Waals surface area contributed by atoms with E-state index in [9.17, 15) is 4.79 Å². The van der Waals surface area contributed by atoms with E-state index in [1.165, 1.54) is 7.11 Å². The van der Waals surface area contributed by atoms with Crippen molar-refractivity contribution >= 4 is 17.7 Å². The molecule has 2 aromatic rings. The van der Waals surface area contributed by atoms with Crippen LogP contribution in [0, 0.1) is 11.5 Å². The van der Waals surface area contributed by atoms with Crippen LogP contribution in [-0.2, 0) is 4.74 Å². The Balaban J connectivity index is 2.35. The van der Waals surface area contributed by atoms with Gasteiger partial charge in [0, 0.05) is 0 Å². The lowest BCUT2D eigenvalue weighted by atomic mass is 10.2. The number of carbonyl (C=O) groups excluding carboxylic acids is 1. The summed E-state index contributed by atoms with van der Waals surface area (Å²) in [6, 6.07) is 15.5. The van der Waals surface area contributed by atoms with Crippen molar-refractivity contribution in [2.75, 3.05) is 7.11 Å². The van der Waals surface area contributed by atoms with Crippen molar-refractivity contribution in [3.63, 3.8) is 0 Å². The zero-order valence-electron chi connectivity index (χ0n) is 11.8. The van der Waals surface area contributed by atoms with Gasteiger partial charge in [0.05, 0.1) is 18.4 Å². The van der Waals surface area contributed by atoms with Gasteiger partial charge in [-0.2, -0.15) is 10.3 Å². The molecule has 0 bridgehead atoms. The minimum Gasteiger partial charge on any atom is -0.465 e. The number of hydrogen-bond acceptors (Lipinski definition) is 5. The standard InChI is InChI=1S/C16H13N3O3/c1-21-15(20)13-9-5-6-10-14(13)19-16(18-11-17)22-12-7-3-2-4-8-12/h2-10H,1H3,(H,18,19). The maximum absolute atomic E-state index is 11.7. The topological polar surface area (TPSA) is 83.7 Å². The van der Waals surface area contributed by atoms with Crippen LogP contribution in [0.4, 0.5) is 5.69 Å². The summed E-state index contributed by atoms with van der Waals surface area (Å²) in [5.74, 6) is -0.00471. The molecule has 6 nitrogen and oxygen atoms in total. The summed E-state index contributed by atoms with van der Waals surface area (Å²) in [5, 5.41) is 11.1. The second-order valence-electron chi connectivity index (χ2n) is 4.08. The molecule has 0 aliphatic heterocycles. The number of para-hydroxylation sites is 2. The van der Waals surface area contributed by atoms with Gasteiger partial charge in [0.25, 0.3) is 0 Å². The van der Waals surface area contributed by atoms with Crippen LogP contribution in [-0.4, -0.2) is 19.1 Å². The van der Waals surface area contributed by atoms with Crippen LogP contribution in [0.5, 0.6) is 5.75 Å². The predicted molar refractivity (Wildman–Crippen MR) is 80.7 cm³/mol. The molecule has 0 aliphatic carbocycles. The fourth-order valence-electron chi connectivity index (χ4n) is 1.69. The molecule has 0 aromatic heterocycles. The number of rotatable bonds is 3. The number of ether oxygens (including phenoxy) is 2. The molecule has 0 spiro atoms. The van der Waals surface area contributed by atoms with E-state index >= 15 is 0 Å². The Morgan fingerprint density at radius 2 is 1.82 bits per heavy atom. The molecule has 0 unspecified atom stereocenters. The van der Waals surface area contributed by atoms with E-state index in [1.807, 2.05) is 6.07 Å². The number of carbonyl (C=O) groups is 1. The quantitative estimate of drug-likeness (QED) is 0.309. The first-order valence-corrected chi connectivity index (χ1v) is 6.38. The van der Waals surface area contributed by atoms with Crippen molar-refractivity contribution in [3.8, 4) is 11.9 Å². The van der Waals surface area contributed by atoms with Crippen LogP contribution >= 0.6 is 0 Å². The van der Waals surface area contributed by atoms with Gasteiger partial charge in [-0.1, -0.05) is 30.3 Å². The average Bonchev–Trinajstić information content (AvgIpc) is 2.56. The number of nitrogens with zero attached hydrogens (tertiary/aromatic N) is 2. The van der Waals surface area contributed by atoms with Crippen LogP contribution < -0.4 is 10.1 Å². The number of nitriles is 1. The Hall–Kier alpha value is -3.33. The molecule has 0 radical (unpaired) electrons. The first kappa shape index (κ1) is 15.1. The van der Waals surface area contributed by atoms with Crippen LogP contribution in [0.1, 0.15) is 10.4 Å². The number of aliphatic imine (C=N–C) groups is 1. The van der Waals surface area contributed by atoms with E-state index < -0.39 is 5.97 Å². The molecule has 0 fully saturated rings. The number of amidine groups is 1. The molecule has 0 saturated heterocycles. The first-order chi connectivity index (χ1) is 10.7. The Morgan fingerprint density at radius 1 is 1.14 bits per heavy atom. The SMILES string of the molecule is COC(=O)c1ccccc1N=C(NC#N)Oc1ccccc1. The normalized spacial score (nSPS) is 10.5. The van der Waals surface area contributed by atoms with Gasteiger partial charge >= 0.3 is 12.0 Å². The predicted octanol–water partition coefficient (Wildman–Crippen LogP) is 2.61. The molecule has 0 saturated carbocycles. The van der Waals surface area contributed by atoms with E-state index in [0.717, 1.165) is 0 Å². The van der Waals surface area contributed by atoms with Crippen LogP contribution in [0.25, 0.3) is 0 Å². The number of hydrogen-bond donors (Lipinski definition) is 1. The summed E-state index contributed by atoms with van der Waals surface area (Å²) in [6.45, 7) is 0. The van der Waals surface area contributed by atoms with Gasteiger partial charge in [-0.3, -0.25) is 0 Å². The smallest absolute Gasteiger partial charge is 0.340 e. The maximum Gasteiger partial charge on any atom is 0.340 e. The number of methoxy groups -OCH3 is 1. The van der Waals surface area contributed by atoms with Crippen molar-refractivity contribution < 1.29 is 14.3 Å². The summed E-state index contributed by atoms with van der Waals surface area (Å²) >= 11 is 0. The highest BCUT2D eigenvalue weighted by atomic mass is 16.5. The monoisotopic (exact) mass is 295 g/mol. The van der Waals surface area contributed by atoms with Crippen LogP contribution in [0.15, 0.2) is 59.6 Å². The van der Waals surface area contributed by atoms with E-state index in [-0.39, 0.29) is 11.6 Å². The van der Waals surface area contributed by atoms with E-state index in [0.29, 0.717) is 11.4 Å². The zero-order chi connectivity index (χ0) is 15.8. The molecule has 0 amide bonds. The molecular weight excluding hydrogens is 282 g/mol. The second kappa shape index (κ2) is 7.45. The maximum atomic E-state index is 11.7. The van der Waals surface area contributed by atoms with Crippen LogP contribution in [0.2, 0.25) is 0 Å². The van der Waals surface area contributed by atoms with Gasteiger partial charge in [0.1, 0.15) is 5.75 Å². The molecule has 1 N–H and O–H groups in total. The molecule has 0 aliphatic rings. The van der Waals surface area contributed by atoms with Gasteiger partial charge in [-0.05, 0) is 24.3 Å². The fourth-order valence-corrected chi connectivity index (χ4v) is 1.69. The largest absolute Gasteiger partial charge is 0.465 e. The highest BCUT2D eigenvalue weighted by Gasteiger charge is 2.12. The lowest BCUT2D eigenvalue weighted by Crippen LogP contribution is -2.24. The third-order valence-electron chi connectivity index (χ3n) is 2.65.